The van der Waals surface area contributed by atoms with Crippen LogP contribution in [0.25, 0.3) is 11.3 Å². The summed E-state index contributed by atoms with van der Waals surface area (Å²) in [6, 6.07) is 5.17. The molecule has 35 heavy (non-hydrogen) atoms. The van der Waals surface area contributed by atoms with Gasteiger partial charge in [0.1, 0.15) is 0 Å². The van der Waals surface area contributed by atoms with Gasteiger partial charge in [-0.2, -0.15) is 0 Å². The Labute approximate surface area is 188 Å². The van der Waals surface area contributed by atoms with Gasteiger partial charge in [-0.3, -0.25) is 0 Å². The molecule has 0 aliphatic rings. The maximum atomic E-state index is 14.1. The van der Waals surface area contributed by atoms with Crippen molar-refractivity contribution in [1.82, 2.24) is 20.3 Å². The van der Waals surface area contributed by atoms with E-state index in [-0.39, 0.29) is 40.5 Å². The van der Waals surface area contributed by atoms with Gasteiger partial charge < -0.3 is 14.8 Å². The maximum absolute atomic E-state index is 14.1. The van der Waals surface area contributed by atoms with E-state index in [9.17, 15) is 35.1 Å². The molecule has 184 valence electrons. The molecule has 4 aromatic rings. The van der Waals surface area contributed by atoms with Crippen LogP contribution in [0, 0.1) is 11.6 Å². The maximum Gasteiger partial charge on any atom is 0.573 e. The van der Waals surface area contributed by atoms with Gasteiger partial charge in [-0.05, 0) is 40.1 Å². The number of ether oxygens (including phenoxy) is 2. The van der Waals surface area contributed by atoms with Crippen molar-refractivity contribution in [3.05, 3.63) is 59.3 Å². The van der Waals surface area contributed by atoms with E-state index in [2.05, 4.69) is 39.7 Å². The Morgan fingerprint density at radius 2 is 1.34 bits per heavy atom. The van der Waals surface area contributed by atoms with Gasteiger partial charge in [0.15, 0.2) is 29.0 Å². The molecule has 0 saturated carbocycles. The third-order valence-corrected chi connectivity index (χ3v) is 4.20. The molecular weight excluding hydrogens is 498 g/mol. The van der Waals surface area contributed by atoms with Gasteiger partial charge in [-0.15, -0.1) is 26.3 Å². The van der Waals surface area contributed by atoms with Gasteiger partial charge in [0, 0.05) is 18.2 Å². The van der Waals surface area contributed by atoms with E-state index >= 15 is 0 Å². The average Bonchev–Trinajstić information content (AvgIpc) is 3.18. The van der Waals surface area contributed by atoms with Crippen LogP contribution >= 0.6 is 0 Å². The molecule has 0 unspecified atom stereocenters. The molecule has 4 rings (SSSR count). The van der Waals surface area contributed by atoms with Crippen LogP contribution in [0.5, 0.6) is 11.5 Å². The van der Waals surface area contributed by atoms with E-state index in [0.29, 0.717) is 6.07 Å². The van der Waals surface area contributed by atoms with E-state index in [0.717, 1.165) is 30.3 Å². The van der Waals surface area contributed by atoms with Crippen LogP contribution in [0.4, 0.5) is 46.6 Å². The number of nitrogens with one attached hydrogen (secondary N) is 1. The number of fused-ring (bicyclic) bond motifs is 1. The summed E-state index contributed by atoms with van der Waals surface area (Å²) in [5.41, 5.74) is -0.0288. The number of nitrogens with zero attached hydrogens (tertiary/aromatic N) is 4. The second-order valence-corrected chi connectivity index (χ2v) is 6.74. The summed E-state index contributed by atoms with van der Waals surface area (Å²) in [5, 5.41) is 9.65. The highest BCUT2D eigenvalue weighted by atomic mass is 19.4. The Kier molecular flexibility index (Phi) is 6.04. The summed E-state index contributed by atoms with van der Waals surface area (Å²) in [7, 11) is 0. The second kappa shape index (κ2) is 8.84. The summed E-state index contributed by atoms with van der Waals surface area (Å²) in [4.78, 5) is 8.22. The predicted octanol–water partition coefficient (Wildman–Crippen LogP) is 5.42. The van der Waals surface area contributed by atoms with Gasteiger partial charge in [-0.25, -0.2) is 23.4 Å². The minimum Gasteiger partial charge on any atom is -0.403 e. The molecule has 0 saturated heterocycles. The number of anilines is 2. The SMILES string of the molecule is Fc1cc(Cc2nc3nonc3nc2Nc2ccc(OC(F)(F)F)c(F)c2)ccc1OC(F)(F)F. The number of rotatable bonds is 6. The number of benzene rings is 2. The van der Waals surface area contributed by atoms with Crippen molar-refractivity contribution in [3.63, 3.8) is 0 Å². The fourth-order valence-electron chi connectivity index (χ4n) is 2.87. The van der Waals surface area contributed by atoms with Crippen LogP contribution in [0.2, 0.25) is 0 Å². The van der Waals surface area contributed by atoms with Crippen molar-refractivity contribution in [2.45, 2.75) is 19.1 Å². The summed E-state index contributed by atoms with van der Waals surface area (Å²) < 4.78 is 114. The summed E-state index contributed by atoms with van der Waals surface area (Å²) in [5.74, 6) is -4.84. The molecule has 2 aromatic heterocycles. The minimum atomic E-state index is -5.10. The fraction of sp³-hybridized carbons (Fsp3) is 0.158. The van der Waals surface area contributed by atoms with Crippen LogP contribution in [0.1, 0.15) is 11.3 Å². The quantitative estimate of drug-likeness (QED) is 0.346. The molecule has 0 radical (unpaired) electrons. The largest absolute Gasteiger partial charge is 0.573 e. The lowest BCUT2D eigenvalue weighted by Gasteiger charge is -2.13. The first-order valence-electron chi connectivity index (χ1n) is 9.22. The number of aromatic nitrogens is 4. The summed E-state index contributed by atoms with van der Waals surface area (Å²) in [6.45, 7) is 0. The van der Waals surface area contributed by atoms with Crippen molar-refractivity contribution in [2.24, 2.45) is 0 Å². The molecule has 2 heterocycles. The molecule has 16 heteroatoms. The topological polar surface area (TPSA) is 95.2 Å². The van der Waals surface area contributed by atoms with Gasteiger partial charge in [0.2, 0.25) is 11.3 Å². The standard InChI is InChI=1S/C19H9F8N5O3/c20-10-5-8(1-3-13(10)33-18(22,23)24)6-12-15(30-17-16(29-12)31-35-32-17)28-9-2-4-14(11(21)7-9)34-19(25,26)27/h1-5,7H,6H2,(H,28,30,32). The van der Waals surface area contributed by atoms with Crippen LogP contribution < -0.4 is 14.8 Å². The highest BCUT2D eigenvalue weighted by molar-refractivity contribution is 5.70. The summed E-state index contributed by atoms with van der Waals surface area (Å²) in [6.07, 6.45) is -10.4. The molecule has 8 nitrogen and oxygen atoms in total. The number of hydrogen-bond donors (Lipinski definition) is 1. The first-order valence-corrected chi connectivity index (χ1v) is 9.22. The second-order valence-electron chi connectivity index (χ2n) is 6.74. The van der Waals surface area contributed by atoms with E-state index < -0.39 is 35.9 Å². The molecular formula is C19H9F8N5O3. The van der Waals surface area contributed by atoms with E-state index in [1.54, 1.807) is 0 Å². The normalized spacial score (nSPS) is 12.1. The fourth-order valence-corrected chi connectivity index (χ4v) is 2.87. The minimum absolute atomic E-state index is 0.0492. The number of hydrogen-bond acceptors (Lipinski definition) is 8. The summed E-state index contributed by atoms with van der Waals surface area (Å²) >= 11 is 0. The van der Waals surface area contributed by atoms with Crippen molar-refractivity contribution in [1.29, 1.82) is 0 Å². The van der Waals surface area contributed by atoms with E-state index in [4.69, 9.17) is 0 Å². The molecule has 0 bridgehead atoms. The smallest absolute Gasteiger partial charge is 0.403 e. The van der Waals surface area contributed by atoms with Crippen LogP contribution in [-0.4, -0.2) is 33.0 Å². The Balaban J connectivity index is 1.63. The van der Waals surface area contributed by atoms with Crippen molar-refractivity contribution < 1.29 is 49.2 Å². The number of halogens is 8. The molecule has 0 spiro atoms. The van der Waals surface area contributed by atoms with E-state index in [1.165, 1.54) is 0 Å². The van der Waals surface area contributed by atoms with E-state index in [1.807, 2.05) is 0 Å². The first kappa shape index (κ1) is 23.9. The Morgan fingerprint density at radius 1 is 0.771 bits per heavy atom. The van der Waals surface area contributed by atoms with Crippen LogP contribution in [0.15, 0.2) is 41.0 Å². The van der Waals surface area contributed by atoms with Crippen molar-refractivity contribution in [3.8, 4) is 11.5 Å². The number of alkyl halides is 6. The molecule has 0 fully saturated rings. The molecule has 0 aliphatic carbocycles. The molecule has 1 N–H and O–H groups in total. The van der Waals surface area contributed by atoms with Crippen LogP contribution in [-0.2, 0) is 6.42 Å². The zero-order chi connectivity index (χ0) is 25.4. The molecule has 2 aromatic carbocycles. The van der Waals surface area contributed by atoms with Gasteiger partial charge in [0.05, 0.1) is 5.69 Å². The zero-order valence-corrected chi connectivity index (χ0v) is 16.7. The third kappa shape index (κ3) is 6.01. The van der Waals surface area contributed by atoms with Gasteiger partial charge >= 0.3 is 12.7 Å². The molecule has 0 amide bonds. The Bertz CT molecular complexity index is 1270. The highest BCUT2D eigenvalue weighted by Crippen LogP contribution is 2.30. The molecule has 0 aliphatic heterocycles. The molecule has 0 atom stereocenters. The van der Waals surface area contributed by atoms with Crippen LogP contribution in [0.3, 0.4) is 0 Å². The lowest BCUT2D eigenvalue weighted by atomic mass is 10.1. The highest BCUT2D eigenvalue weighted by Gasteiger charge is 2.33. The van der Waals surface area contributed by atoms with Crippen molar-refractivity contribution >= 4 is 22.8 Å². The van der Waals surface area contributed by atoms with Gasteiger partial charge in [0.25, 0.3) is 0 Å². The zero-order valence-electron chi connectivity index (χ0n) is 16.7. The van der Waals surface area contributed by atoms with Gasteiger partial charge in [-0.1, -0.05) is 6.07 Å². The third-order valence-electron chi connectivity index (χ3n) is 4.20. The Hall–Kier alpha value is -4.24. The first-order chi connectivity index (χ1) is 16.4. The van der Waals surface area contributed by atoms with Crippen molar-refractivity contribution in [2.75, 3.05) is 5.32 Å². The lowest BCUT2D eigenvalue weighted by Crippen LogP contribution is -2.18. The lowest BCUT2D eigenvalue weighted by molar-refractivity contribution is -0.276. The monoisotopic (exact) mass is 507 g/mol. The average molecular weight is 507 g/mol. The predicted molar refractivity (Wildman–Crippen MR) is 99.6 cm³/mol. The Morgan fingerprint density at radius 3 is 1.91 bits per heavy atom.